The standard InChI is InChI=1S/C26H29N5/c1-19-8-7-17-28-26(19)24-12-6-11-23(30(24)2)22-18-31-21(10-5-13-25(31)29-22)15-14-20-9-3-4-16-27-20/h3-5,7-10,13,16-18,23-24H,6,11-12,14-15H2,1-2H3/t23-,24+/m1/s1. The molecule has 0 bridgehead atoms. The average Bonchev–Trinajstić information content (AvgIpc) is 3.24. The van der Waals surface area contributed by atoms with Crippen LogP contribution in [-0.4, -0.2) is 31.3 Å². The topological polar surface area (TPSA) is 46.3 Å². The van der Waals surface area contributed by atoms with Gasteiger partial charge < -0.3 is 4.40 Å². The lowest BCUT2D eigenvalue weighted by atomic mass is 9.91. The second-order valence-corrected chi connectivity index (χ2v) is 8.57. The molecule has 1 aliphatic heterocycles. The third-order valence-electron chi connectivity index (χ3n) is 6.60. The first kappa shape index (κ1) is 19.9. The molecule has 0 radical (unpaired) electrons. The lowest BCUT2D eigenvalue weighted by molar-refractivity contribution is 0.109. The molecule has 2 atom stereocenters. The lowest BCUT2D eigenvalue weighted by Crippen LogP contribution is -2.34. The van der Waals surface area contributed by atoms with Crippen LogP contribution in [0, 0.1) is 6.92 Å². The van der Waals surface area contributed by atoms with Gasteiger partial charge in [-0.15, -0.1) is 0 Å². The Labute approximate surface area is 183 Å². The van der Waals surface area contributed by atoms with Crippen molar-refractivity contribution in [1.29, 1.82) is 0 Å². The minimum Gasteiger partial charge on any atom is -0.304 e. The van der Waals surface area contributed by atoms with Gasteiger partial charge in [0, 0.05) is 30.0 Å². The van der Waals surface area contributed by atoms with E-state index >= 15 is 0 Å². The van der Waals surface area contributed by atoms with E-state index in [4.69, 9.17) is 9.97 Å². The van der Waals surface area contributed by atoms with Crippen LogP contribution in [0.2, 0.25) is 0 Å². The Morgan fingerprint density at radius 3 is 2.61 bits per heavy atom. The molecule has 5 heteroatoms. The molecule has 4 aromatic heterocycles. The fraction of sp³-hybridized carbons (Fsp3) is 0.346. The van der Waals surface area contributed by atoms with Gasteiger partial charge in [-0.3, -0.25) is 14.9 Å². The largest absolute Gasteiger partial charge is 0.304 e. The van der Waals surface area contributed by atoms with Crippen molar-refractivity contribution in [2.75, 3.05) is 7.05 Å². The van der Waals surface area contributed by atoms with Crippen LogP contribution in [0.1, 0.15) is 59.7 Å². The maximum Gasteiger partial charge on any atom is 0.137 e. The van der Waals surface area contributed by atoms with Crippen LogP contribution >= 0.6 is 0 Å². The maximum atomic E-state index is 5.04. The molecule has 0 amide bonds. The molecule has 1 aliphatic rings. The second-order valence-electron chi connectivity index (χ2n) is 8.57. The number of imidazole rings is 1. The number of aryl methyl sites for hydroxylation is 3. The van der Waals surface area contributed by atoms with Crippen molar-refractivity contribution in [2.24, 2.45) is 0 Å². The van der Waals surface area contributed by atoms with Crippen molar-refractivity contribution in [1.82, 2.24) is 24.3 Å². The van der Waals surface area contributed by atoms with Crippen molar-refractivity contribution in [3.05, 3.63) is 95.5 Å². The summed E-state index contributed by atoms with van der Waals surface area (Å²) in [5.74, 6) is 0. The number of aromatic nitrogens is 4. The molecular weight excluding hydrogens is 382 g/mol. The van der Waals surface area contributed by atoms with Gasteiger partial charge in [-0.05, 0) is 82.0 Å². The number of rotatable bonds is 5. The van der Waals surface area contributed by atoms with E-state index < -0.39 is 0 Å². The Morgan fingerprint density at radius 2 is 1.77 bits per heavy atom. The summed E-state index contributed by atoms with van der Waals surface area (Å²) in [5, 5.41) is 0. The van der Waals surface area contributed by atoms with E-state index in [2.05, 4.69) is 70.9 Å². The first-order valence-electron chi connectivity index (χ1n) is 11.2. The second kappa shape index (κ2) is 8.60. The van der Waals surface area contributed by atoms with Crippen molar-refractivity contribution in [3.8, 4) is 0 Å². The Balaban J connectivity index is 1.41. The van der Waals surface area contributed by atoms with Crippen LogP contribution in [0.4, 0.5) is 0 Å². The molecule has 1 fully saturated rings. The first-order valence-corrected chi connectivity index (χ1v) is 11.2. The maximum absolute atomic E-state index is 5.04. The van der Waals surface area contributed by atoms with Crippen molar-refractivity contribution >= 4 is 5.65 Å². The van der Waals surface area contributed by atoms with E-state index in [1.807, 2.05) is 24.5 Å². The van der Waals surface area contributed by atoms with Crippen LogP contribution < -0.4 is 0 Å². The monoisotopic (exact) mass is 411 g/mol. The molecule has 0 spiro atoms. The molecule has 0 saturated carbocycles. The summed E-state index contributed by atoms with van der Waals surface area (Å²) in [7, 11) is 2.23. The van der Waals surface area contributed by atoms with E-state index in [0.29, 0.717) is 12.1 Å². The Hall–Kier alpha value is -3.05. The number of likely N-dealkylation sites (tertiary alicyclic amines) is 1. The molecule has 5 heterocycles. The smallest absolute Gasteiger partial charge is 0.137 e. The van der Waals surface area contributed by atoms with Crippen LogP contribution in [0.15, 0.2) is 67.1 Å². The summed E-state index contributed by atoms with van der Waals surface area (Å²) >= 11 is 0. The molecule has 31 heavy (non-hydrogen) atoms. The van der Waals surface area contributed by atoms with Crippen LogP contribution in [-0.2, 0) is 12.8 Å². The fourth-order valence-electron chi connectivity index (χ4n) is 4.91. The number of fused-ring (bicyclic) bond motifs is 1. The van der Waals surface area contributed by atoms with Gasteiger partial charge in [0.25, 0.3) is 0 Å². The number of hydrogen-bond acceptors (Lipinski definition) is 4. The molecular formula is C26H29N5. The fourth-order valence-corrected chi connectivity index (χ4v) is 4.91. The molecule has 0 aliphatic carbocycles. The van der Waals surface area contributed by atoms with Crippen molar-refractivity contribution in [3.63, 3.8) is 0 Å². The van der Waals surface area contributed by atoms with E-state index in [0.717, 1.165) is 42.7 Å². The van der Waals surface area contributed by atoms with Gasteiger partial charge in [0.05, 0.1) is 23.5 Å². The number of hydrogen-bond donors (Lipinski definition) is 0. The Morgan fingerprint density at radius 1 is 0.903 bits per heavy atom. The lowest BCUT2D eigenvalue weighted by Gasteiger charge is -2.39. The van der Waals surface area contributed by atoms with Gasteiger partial charge in [-0.2, -0.15) is 0 Å². The number of nitrogens with zero attached hydrogens (tertiary/aromatic N) is 5. The minimum atomic E-state index is 0.309. The van der Waals surface area contributed by atoms with Gasteiger partial charge in [0.2, 0.25) is 0 Å². The number of piperidine rings is 1. The molecule has 5 rings (SSSR count). The summed E-state index contributed by atoms with van der Waals surface area (Å²) in [5.41, 5.74) is 7.06. The highest BCUT2D eigenvalue weighted by Crippen LogP contribution is 2.40. The average molecular weight is 412 g/mol. The summed E-state index contributed by atoms with van der Waals surface area (Å²) in [6.45, 7) is 2.17. The van der Waals surface area contributed by atoms with Gasteiger partial charge in [-0.1, -0.05) is 18.2 Å². The highest BCUT2D eigenvalue weighted by atomic mass is 15.2. The Kier molecular flexibility index (Phi) is 5.51. The van der Waals surface area contributed by atoms with Crippen molar-refractivity contribution in [2.45, 2.75) is 51.1 Å². The quantitative estimate of drug-likeness (QED) is 0.457. The highest BCUT2D eigenvalue weighted by molar-refractivity contribution is 5.43. The van der Waals surface area contributed by atoms with Gasteiger partial charge in [0.1, 0.15) is 5.65 Å². The van der Waals surface area contributed by atoms with Gasteiger partial charge in [-0.25, -0.2) is 4.98 Å². The van der Waals surface area contributed by atoms with E-state index in [1.165, 1.54) is 23.4 Å². The molecule has 5 nitrogen and oxygen atoms in total. The normalized spacial score (nSPS) is 19.7. The van der Waals surface area contributed by atoms with E-state index in [1.54, 1.807) is 0 Å². The SMILES string of the molecule is Cc1cccnc1[C@@H]1CCC[C@H](c2cn3c(CCc4ccccn4)cccc3n2)N1C. The summed E-state index contributed by atoms with van der Waals surface area (Å²) < 4.78 is 2.27. The van der Waals surface area contributed by atoms with E-state index in [-0.39, 0.29) is 0 Å². The third-order valence-corrected chi connectivity index (χ3v) is 6.60. The predicted molar refractivity (Wildman–Crippen MR) is 123 cm³/mol. The zero-order chi connectivity index (χ0) is 21.2. The molecule has 0 N–H and O–H groups in total. The zero-order valence-electron chi connectivity index (χ0n) is 18.3. The number of pyridine rings is 3. The predicted octanol–water partition coefficient (Wildman–Crippen LogP) is 5.12. The minimum absolute atomic E-state index is 0.309. The van der Waals surface area contributed by atoms with Crippen molar-refractivity contribution < 1.29 is 0 Å². The van der Waals surface area contributed by atoms with E-state index in [9.17, 15) is 0 Å². The molecule has 0 aromatic carbocycles. The first-order chi connectivity index (χ1) is 15.2. The molecule has 0 unspecified atom stereocenters. The highest BCUT2D eigenvalue weighted by Gasteiger charge is 2.32. The van der Waals surface area contributed by atoms with Crippen LogP contribution in [0.25, 0.3) is 5.65 Å². The molecule has 1 saturated heterocycles. The summed E-state index contributed by atoms with van der Waals surface area (Å²) in [6, 6.07) is 17.4. The Bertz CT molecular complexity index is 1170. The molecule has 4 aromatic rings. The van der Waals surface area contributed by atoms with Crippen LogP contribution in [0.3, 0.4) is 0 Å². The van der Waals surface area contributed by atoms with Crippen LogP contribution in [0.5, 0.6) is 0 Å². The molecule has 158 valence electrons. The zero-order valence-corrected chi connectivity index (χ0v) is 18.3. The van der Waals surface area contributed by atoms with Gasteiger partial charge in [0.15, 0.2) is 0 Å². The van der Waals surface area contributed by atoms with Gasteiger partial charge >= 0.3 is 0 Å². The third kappa shape index (κ3) is 3.98. The summed E-state index contributed by atoms with van der Waals surface area (Å²) in [4.78, 5) is 16.7. The summed E-state index contributed by atoms with van der Waals surface area (Å²) in [6.07, 6.45) is 11.4.